The van der Waals surface area contributed by atoms with E-state index in [9.17, 15) is 26.4 Å². The van der Waals surface area contributed by atoms with Gasteiger partial charge < -0.3 is 10.1 Å². The molecule has 2 aromatic carbocycles. The second kappa shape index (κ2) is 8.36. The van der Waals surface area contributed by atoms with Crippen molar-refractivity contribution in [2.75, 3.05) is 5.32 Å². The summed E-state index contributed by atoms with van der Waals surface area (Å²) in [5.41, 5.74) is -1.20. The molecule has 0 atom stereocenters. The number of aryl methyl sites for hydroxylation is 1. The molecule has 31 heavy (non-hydrogen) atoms. The number of benzene rings is 2. The van der Waals surface area contributed by atoms with Crippen molar-refractivity contribution >= 4 is 21.6 Å². The average Bonchev–Trinajstić information content (AvgIpc) is 2.68. The van der Waals surface area contributed by atoms with Gasteiger partial charge in [0.05, 0.1) is 21.7 Å². The summed E-state index contributed by atoms with van der Waals surface area (Å²) in [6.07, 6.45) is -3.35. The summed E-state index contributed by atoms with van der Waals surface area (Å²) in [7, 11) is -4.04. The molecule has 1 amide bonds. The lowest BCUT2D eigenvalue weighted by atomic mass is 10.1. The summed E-state index contributed by atoms with van der Waals surface area (Å²) < 4.78 is 69.3. The summed E-state index contributed by atoms with van der Waals surface area (Å²) in [5, 5.41) is 7.44. The van der Waals surface area contributed by atoms with Gasteiger partial charge in [-0.05, 0) is 49.4 Å². The lowest BCUT2D eigenvalue weighted by Gasteiger charge is -2.18. The van der Waals surface area contributed by atoms with Gasteiger partial charge in [-0.3, -0.25) is 9.78 Å². The van der Waals surface area contributed by atoms with E-state index in [0.29, 0.717) is 5.69 Å². The molecular weight excluding hydrogens is 435 g/mol. The number of ether oxygens (including phenoxy) is 1. The van der Waals surface area contributed by atoms with E-state index in [2.05, 4.69) is 10.3 Å². The van der Waals surface area contributed by atoms with Gasteiger partial charge in [-0.1, -0.05) is 12.1 Å². The Bertz CT molecular complexity index is 1240. The summed E-state index contributed by atoms with van der Waals surface area (Å²) in [5.74, 6) is -1.59. The number of nitrogens with zero attached hydrogens (tertiary/aromatic N) is 1. The molecule has 0 aliphatic heterocycles. The zero-order chi connectivity index (χ0) is 22.8. The molecule has 0 saturated heterocycles. The van der Waals surface area contributed by atoms with Crippen LogP contribution in [0.15, 0.2) is 65.7 Å². The largest absolute Gasteiger partial charge is 0.454 e. The van der Waals surface area contributed by atoms with Crippen molar-refractivity contribution in [2.24, 2.45) is 5.14 Å². The third-order valence-corrected chi connectivity index (χ3v) is 5.07. The first-order valence-electron chi connectivity index (χ1n) is 8.71. The number of alkyl halides is 3. The van der Waals surface area contributed by atoms with Crippen LogP contribution in [-0.4, -0.2) is 19.3 Å². The Hall–Kier alpha value is -3.44. The van der Waals surface area contributed by atoms with Crippen molar-refractivity contribution in [3.8, 4) is 11.5 Å². The van der Waals surface area contributed by atoms with Gasteiger partial charge in [0, 0.05) is 11.9 Å². The average molecular weight is 451 g/mol. The summed E-state index contributed by atoms with van der Waals surface area (Å²) in [4.78, 5) is 16.5. The predicted octanol–water partition coefficient (Wildman–Crippen LogP) is 4.10. The van der Waals surface area contributed by atoms with Crippen molar-refractivity contribution in [3.05, 3.63) is 77.6 Å². The molecule has 0 saturated carbocycles. The van der Waals surface area contributed by atoms with Crippen LogP contribution in [0.4, 0.5) is 18.9 Å². The summed E-state index contributed by atoms with van der Waals surface area (Å²) >= 11 is 0. The maximum absolute atomic E-state index is 13.6. The Balaban J connectivity index is 2.04. The number of aromatic nitrogens is 1. The molecule has 3 N–H and O–H groups in total. The molecule has 11 heteroatoms. The van der Waals surface area contributed by atoms with Gasteiger partial charge in [0.2, 0.25) is 10.0 Å². The smallest absolute Gasteiger partial charge is 0.420 e. The fourth-order valence-electron chi connectivity index (χ4n) is 2.69. The number of halogens is 3. The first-order valence-corrected chi connectivity index (χ1v) is 10.3. The van der Waals surface area contributed by atoms with Crippen LogP contribution >= 0.6 is 0 Å². The number of amides is 1. The van der Waals surface area contributed by atoms with Crippen LogP contribution in [0, 0.1) is 6.92 Å². The molecule has 0 fully saturated rings. The molecule has 3 aromatic rings. The maximum Gasteiger partial charge on any atom is 0.420 e. The van der Waals surface area contributed by atoms with E-state index >= 15 is 0 Å². The number of nitrogens with two attached hydrogens (primary N) is 1. The molecule has 0 aliphatic rings. The van der Waals surface area contributed by atoms with Crippen LogP contribution in [0.1, 0.15) is 21.6 Å². The highest BCUT2D eigenvalue weighted by atomic mass is 32.2. The van der Waals surface area contributed by atoms with Gasteiger partial charge in [0.25, 0.3) is 5.91 Å². The minimum Gasteiger partial charge on any atom is -0.454 e. The topological polar surface area (TPSA) is 111 Å². The number of rotatable bonds is 5. The zero-order valence-electron chi connectivity index (χ0n) is 16.0. The molecule has 0 radical (unpaired) electrons. The van der Waals surface area contributed by atoms with Crippen molar-refractivity contribution in [2.45, 2.75) is 18.0 Å². The van der Waals surface area contributed by atoms with Gasteiger partial charge in [-0.25, -0.2) is 13.6 Å². The Morgan fingerprint density at radius 2 is 1.81 bits per heavy atom. The number of carbonyl (C=O) groups is 1. The SMILES string of the molecule is Cc1ncccc1Oc1c(C(=O)Nc2cccc(S(N)(=O)=O)c2)cccc1C(F)(F)F. The fraction of sp³-hybridized carbons (Fsp3) is 0.100. The maximum atomic E-state index is 13.6. The number of hydrogen-bond donors (Lipinski definition) is 2. The molecular formula is C20H16F3N3O4S. The van der Waals surface area contributed by atoms with Gasteiger partial charge in [0.1, 0.15) is 5.75 Å². The van der Waals surface area contributed by atoms with Crippen LogP contribution in [0.25, 0.3) is 0 Å². The second-order valence-electron chi connectivity index (χ2n) is 6.40. The number of pyridine rings is 1. The predicted molar refractivity (Wildman–Crippen MR) is 106 cm³/mol. The number of nitrogens with one attached hydrogen (secondary N) is 1. The molecule has 0 spiro atoms. The highest BCUT2D eigenvalue weighted by molar-refractivity contribution is 7.89. The van der Waals surface area contributed by atoms with Gasteiger partial charge in [-0.15, -0.1) is 0 Å². The van der Waals surface area contributed by atoms with Crippen LogP contribution in [0.5, 0.6) is 11.5 Å². The van der Waals surface area contributed by atoms with Gasteiger partial charge in [0.15, 0.2) is 5.75 Å². The van der Waals surface area contributed by atoms with Crippen LogP contribution in [-0.2, 0) is 16.2 Å². The monoisotopic (exact) mass is 451 g/mol. The van der Waals surface area contributed by atoms with Crippen molar-refractivity contribution in [1.29, 1.82) is 0 Å². The Morgan fingerprint density at radius 1 is 1.10 bits per heavy atom. The van der Waals surface area contributed by atoms with E-state index in [4.69, 9.17) is 9.88 Å². The van der Waals surface area contributed by atoms with E-state index in [0.717, 1.165) is 24.3 Å². The first kappa shape index (κ1) is 22.2. The van der Waals surface area contributed by atoms with E-state index in [1.165, 1.54) is 36.5 Å². The van der Waals surface area contributed by atoms with Crippen molar-refractivity contribution < 1.29 is 31.1 Å². The number of para-hydroxylation sites is 1. The lowest BCUT2D eigenvalue weighted by molar-refractivity contribution is -0.138. The van der Waals surface area contributed by atoms with E-state index < -0.39 is 39.0 Å². The number of carbonyl (C=O) groups excluding carboxylic acids is 1. The summed E-state index contributed by atoms with van der Waals surface area (Å²) in [6.45, 7) is 1.55. The molecule has 3 rings (SSSR count). The number of hydrogen-bond acceptors (Lipinski definition) is 5. The van der Waals surface area contributed by atoms with Crippen LogP contribution in [0.3, 0.4) is 0 Å². The molecule has 1 aromatic heterocycles. The lowest BCUT2D eigenvalue weighted by Crippen LogP contribution is -2.17. The Labute approximate surface area is 175 Å². The minimum absolute atomic E-state index is 0.0254. The fourth-order valence-corrected chi connectivity index (χ4v) is 3.25. The highest BCUT2D eigenvalue weighted by Crippen LogP contribution is 2.40. The molecule has 0 unspecified atom stereocenters. The Morgan fingerprint density at radius 3 is 2.45 bits per heavy atom. The highest BCUT2D eigenvalue weighted by Gasteiger charge is 2.36. The number of sulfonamides is 1. The van der Waals surface area contributed by atoms with E-state index in [-0.39, 0.29) is 16.3 Å². The third-order valence-electron chi connectivity index (χ3n) is 4.16. The van der Waals surface area contributed by atoms with Crippen LogP contribution < -0.4 is 15.2 Å². The standard InChI is InChI=1S/C20H16F3N3O4S/c1-12-17(9-4-10-25-12)30-18-15(7-3-8-16(18)20(21,22)23)19(27)26-13-5-2-6-14(11-13)31(24,28)29/h2-11H,1H3,(H,26,27)(H2,24,28,29). The molecule has 0 bridgehead atoms. The van der Waals surface area contributed by atoms with Crippen molar-refractivity contribution in [3.63, 3.8) is 0 Å². The summed E-state index contributed by atoms with van der Waals surface area (Å²) in [6, 6.07) is 10.9. The van der Waals surface area contributed by atoms with Gasteiger partial charge in [-0.2, -0.15) is 13.2 Å². The normalized spacial score (nSPS) is 11.8. The second-order valence-corrected chi connectivity index (χ2v) is 7.96. The minimum atomic E-state index is -4.80. The van der Waals surface area contributed by atoms with E-state index in [1.54, 1.807) is 6.92 Å². The van der Waals surface area contributed by atoms with Crippen LogP contribution in [0.2, 0.25) is 0 Å². The molecule has 1 heterocycles. The number of primary sulfonamides is 1. The zero-order valence-corrected chi connectivity index (χ0v) is 16.8. The molecule has 0 aliphatic carbocycles. The number of anilines is 1. The third kappa shape index (κ3) is 5.19. The molecule has 7 nitrogen and oxygen atoms in total. The first-order chi connectivity index (χ1) is 14.5. The van der Waals surface area contributed by atoms with Gasteiger partial charge >= 0.3 is 6.18 Å². The Kier molecular flexibility index (Phi) is 6.00. The molecule has 162 valence electrons. The quantitative estimate of drug-likeness (QED) is 0.607. The van der Waals surface area contributed by atoms with E-state index in [1.807, 2.05) is 0 Å². The van der Waals surface area contributed by atoms with Crippen molar-refractivity contribution in [1.82, 2.24) is 4.98 Å².